The zero-order chi connectivity index (χ0) is 17.6. The van der Waals surface area contributed by atoms with Crippen LogP contribution in [0, 0.1) is 6.92 Å². The topological polar surface area (TPSA) is 44.1 Å². The molecule has 0 amide bonds. The Labute approximate surface area is 145 Å². The molecule has 4 aromatic rings. The first kappa shape index (κ1) is 15.4. The quantitative estimate of drug-likeness (QED) is 0.528. The monoisotopic (exact) mass is 330 g/mol. The van der Waals surface area contributed by atoms with E-state index in [2.05, 4.69) is 36.3 Å². The Morgan fingerprint density at radius 1 is 1.00 bits per heavy atom. The summed E-state index contributed by atoms with van der Waals surface area (Å²) < 4.78 is 6.73. The molecule has 4 rings (SSSR count). The molecule has 4 heteroatoms. The molecule has 124 valence electrons. The molecular formula is C21H18N2O2. The zero-order valence-electron chi connectivity index (χ0n) is 14.4. The third kappa shape index (κ3) is 2.47. The Bertz CT molecular complexity index is 1110. The van der Waals surface area contributed by atoms with Gasteiger partial charge in [0.1, 0.15) is 11.3 Å². The van der Waals surface area contributed by atoms with Crippen molar-refractivity contribution in [3.8, 4) is 17.0 Å². The number of benzene rings is 3. The maximum absolute atomic E-state index is 12.2. The number of aromatic nitrogens is 2. The van der Waals surface area contributed by atoms with Crippen molar-refractivity contribution >= 4 is 27.6 Å². The van der Waals surface area contributed by atoms with Crippen LogP contribution < -0.4 is 4.74 Å². The molecule has 0 atom stereocenters. The normalized spacial score (nSPS) is 11.2. The summed E-state index contributed by atoms with van der Waals surface area (Å²) in [5, 5.41) is 7.79. The molecule has 0 saturated heterocycles. The number of hydrogen-bond acceptors (Lipinski definition) is 3. The summed E-state index contributed by atoms with van der Waals surface area (Å²) in [6, 6.07) is 18.1. The molecule has 0 radical (unpaired) electrons. The Morgan fingerprint density at radius 3 is 2.40 bits per heavy atom. The maximum Gasteiger partial charge on any atom is 0.244 e. The number of hydrogen-bond donors (Lipinski definition) is 0. The van der Waals surface area contributed by atoms with E-state index in [0.29, 0.717) is 0 Å². The van der Waals surface area contributed by atoms with Crippen molar-refractivity contribution < 1.29 is 9.53 Å². The minimum absolute atomic E-state index is 0.108. The van der Waals surface area contributed by atoms with Gasteiger partial charge in [-0.05, 0) is 48.7 Å². The van der Waals surface area contributed by atoms with Crippen LogP contribution in [0.5, 0.6) is 5.75 Å². The highest BCUT2D eigenvalue weighted by Crippen LogP contribution is 2.34. The number of carbonyl (C=O) groups is 1. The molecule has 0 saturated carbocycles. The summed E-state index contributed by atoms with van der Waals surface area (Å²) >= 11 is 0. The van der Waals surface area contributed by atoms with Crippen molar-refractivity contribution in [1.29, 1.82) is 0 Å². The highest BCUT2D eigenvalue weighted by Gasteiger charge is 2.17. The summed E-state index contributed by atoms with van der Waals surface area (Å²) in [5.74, 6) is 0.672. The van der Waals surface area contributed by atoms with E-state index >= 15 is 0 Å². The van der Waals surface area contributed by atoms with E-state index in [-0.39, 0.29) is 5.91 Å². The van der Waals surface area contributed by atoms with Crippen molar-refractivity contribution in [3.63, 3.8) is 0 Å². The molecule has 4 nitrogen and oxygen atoms in total. The van der Waals surface area contributed by atoms with E-state index in [1.165, 1.54) is 17.2 Å². The predicted molar refractivity (Wildman–Crippen MR) is 100 cm³/mol. The van der Waals surface area contributed by atoms with Gasteiger partial charge in [-0.1, -0.05) is 23.8 Å². The average Bonchev–Trinajstić information content (AvgIpc) is 3.02. The third-order valence-corrected chi connectivity index (χ3v) is 4.48. The van der Waals surface area contributed by atoms with Crippen molar-refractivity contribution in [2.24, 2.45) is 0 Å². The van der Waals surface area contributed by atoms with Gasteiger partial charge < -0.3 is 4.74 Å². The van der Waals surface area contributed by atoms with Gasteiger partial charge in [0.2, 0.25) is 5.91 Å². The smallest absolute Gasteiger partial charge is 0.244 e. The van der Waals surface area contributed by atoms with Gasteiger partial charge >= 0.3 is 0 Å². The largest absolute Gasteiger partial charge is 0.497 e. The lowest BCUT2D eigenvalue weighted by atomic mass is 10.0. The fourth-order valence-electron chi connectivity index (χ4n) is 3.24. The average molecular weight is 330 g/mol. The Kier molecular flexibility index (Phi) is 3.53. The second kappa shape index (κ2) is 5.74. The van der Waals surface area contributed by atoms with Gasteiger partial charge in [-0.25, -0.2) is 0 Å². The molecule has 0 bridgehead atoms. The minimum Gasteiger partial charge on any atom is -0.497 e. The first-order chi connectivity index (χ1) is 12.1. The zero-order valence-corrected chi connectivity index (χ0v) is 14.4. The highest BCUT2D eigenvalue weighted by molar-refractivity contribution is 6.11. The van der Waals surface area contributed by atoms with E-state index in [4.69, 9.17) is 4.74 Å². The van der Waals surface area contributed by atoms with Crippen LogP contribution in [0.1, 0.15) is 17.3 Å². The molecule has 0 fully saturated rings. The second-order valence-electron chi connectivity index (χ2n) is 6.19. The molecular weight excluding hydrogens is 312 g/mol. The van der Waals surface area contributed by atoms with Crippen LogP contribution in [-0.4, -0.2) is 22.8 Å². The molecule has 1 heterocycles. The molecule has 25 heavy (non-hydrogen) atoms. The molecule has 0 N–H and O–H groups in total. The molecule has 0 aliphatic heterocycles. The number of carbonyl (C=O) groups excluding carboxylic acids is 1. The Morgan fingerprint density at radius 2 is 1.72 bits per heavy atom. The molecule has 0 aliphatic carbocycles. The third-order valence-electron chi connectivity index (χ3n) is 4.48. The minimum atomic E-state index is -0.108. The SMILES string of the molecule is COc1ccc(-c2c3ccc4ccc(C)cc4c3nn2C(C)=O)cc1. The fourth-order valence-corrected chi connectivity index (χ4v) is 3.24. The predicted octanol–water partition coefficient (Wildman–Crippen LogP) is 4.83. The summed E-state index contributed by atoms with van der Waals surface area (Å²) in [7, 11) is 1.64. The Hall–Kier alpha value is -3.14. The first-order valence-electron chi connectivity index (χ1n) is 8.16. The van der Waals surface area contributed by atoms with Crippen molar-refractivity contribution in [2.45, 2.75) is 13.8 Å². The molecule has 3 aromatic carbocycles. The fraction of sp³-hybridized carbons (Fsp3) is 0.143. The maximum atomic E-state index is 12.2. The second-order valence-corrected chi connectivity index (χ2v) is 6.19. The van der Waals surface area contributed by atoms with E-state index in [1.54, 1.807) is 7.11 Å². The Balaban J connectivity index is 2.07. The van der Waals surface area contributed by atoms with Gasteiger partial charge in [0, 0.05) is 23.3 Å². The highest BCUT2D eigenvalue weighted by atomic mass is 16.5. The summed E-state index contributed by atoms with van der Waals surface area (Å²) in [5.41, 5.74) is 3.77. The van der Waals surface area contributed by atoms with Crippen LogP contribution in [0.25, 0.3) is 32.9 Å². The van der Waals surface area contributed by atoms with E-state index < -0.39 is 0 Å². The number of nitrogens with zero attached hydrogens (tertiary/aromatic N) is 2. The van der Waals surface area contributed by atoms with Gasteiger partial charge in [0.25, 0.3) is 0 Å². The van der Waals surface area contributed by atoms with Crippen molar-refractivity contribution in [3.05, 3.63) is 60.2 Å². The van der Waals surface area contributed by atoms with Gasteiger partial charge in [0.15, 0.2) is 0 Å². The number of aryl methyl sites for hydroxylation is 1. The first-order valence-corrected chi connectivity index (χ1v) is 8.16. The standard InChI is InChI=1S/C21H18N2O2/c1-13-4-5-15-8-11-18-20(19(15)12-13)22-23(14(2)24)21(18)16-6-9-17(25-3)10-7-16/h4-12H,1-3H3. The lowest BCUT2D eigenvalue weighted by molar-refractivity contribution is 0.0924. The van der Waals surface area contributed by atoms with E-state index in [9.17, 15) is 4.79 Å². The molecule has 0 aliphatic rings. The number of rotatable bonds is 2. The van der Waals surface area contributed by atoms with E-state index in [0.717, 1.165) is 38.7 Å². The van der Waals surface area contributed by atoms with Crippen molar-refractivity contribution in [1.82, 2.24) is 9.78 Å². The lowest BCUT2D eigenvalue weighted by Gasteiger charge is -2.06. The number of methoxy groups -OCH3 is 1. The van der Waals surface area contributed by atoms with Gasteiger partial charge in [-0.15, -0.1) is 0 Å². The van der Waals surface area contributed by atoms with Crippen LogP contribution >= 0.6 is 0 Å². The van der Waals surface area contributed by atoms with Crippen LogP contribution in [0.2, 0.25) is 0 Å². The van der Waals surface area contributed by atoms with Gasteiger partial charge in [-0.3, -0.25) is 4.79 Å². The molecule has 0 spiro atoms. The summed E-state index contributed by atoms with van der Waals surface area (Å²) in [4.78, 5) is 12.2. The summed E-state index contributed by atoms with van der Waals surface area (Å²) in [6.45, 7) is 3.59. The summed E-state index contributed by atoms with van der Waals surface area (Å²) in [6.07, 6.45) is 0. The van der Waals surface area contributed by atoms with Crippen LogP contribution in [0.3, 0.4) is 0 Å². The van der Waals surface area contributed by atoms with Crippen LogP contribution in [0.4, 0.5) is 0 Å². The lowest BCUT2D eigenvalue weighted by Crippen LogP contribution is -2.09. The van der Waals surface area contributed by atoms with Crippen LogP contribution in [0.15, 0.2) is 54.6 Å². The number of fused-ring (bicyclic) bond motifs is 3. The van der Waals surface area contributed by atoms with Gasteiger partial charge in [0.05, 0.1) is 12.8 Å². The van der Waals surface area contributed by atoms with E-state index in [1.807, 2.05) is 30.3 Å². The van der Waals surface area contributed by atoms with Crippen LogP contribution in [-0.2, 0) is 0 Å². The molecule has 1 aromatic heterocycles. The molecule has 0 unspecified atom stereocenters. The number of ether oxygens (including phenoxy) is 1. The van der Waals surface area contributed by atoms with Gasteiger partial charge in [-0.2, -0.15) is 9.78 Å². The van der Waals surface area contributed by atoms with Crippen molar-refractivity contribution in [2.75, 3.05) is 7.11 Å².